The van der Waals surface area contributed by atoms with Crippen LogP contribution in [0.25, 0.3) is 0 Å². The zero-order chi connectivity index (χ0) is 17.7. The van der Waals surface area contributed by atoms with E-state index in [0.29, 0.717) is 26.1 Å². The standard InChI is InChI=1S/C18H28N4O2/c1-5-14-6-7-16(19-11-14)13-21(4)18(24)15-10-17(23)22(12-15)9-8-20(2)3/h6-7,11,15H,5,8-10,12-13H2,1-4H3/t15-/m0/s1. The van der Waals surface area contributed by atoms with Crippen molar-refractivity contribution in [3.63, 3.8) is 0 Å². The number of hydrogen-bond acceptors (Lipinski definition) is 4. The molecule has 2 rings (SSSR count). The van der Waals surface area contributed by atoms with Crippen molar-refractivity contribution in [2.45, 2.75) is 26.3 Å². The van der Waals surface area contributed by atoms with Gasteiger partial charge in [0.25, 0.3) is 0 Å². The van der Waals surface area contributed by atoms with Gasteiger partial charge in [0.2, 0.25) is 11.8 Å². The summed E-state index contributed by atoms with van der Waals surface area (Å²) >= 11 is 0. The maximum absolute atomic E-state index is 12.6. The predicted molar refractivity (Wildman–Crippen MR) is 93.3 cm³/mol. The van der Waals surface area contributed by atoms with Crippen molar-refractivity contribution >= 4 is 11.8 Å². The molecule has 0 aromatic carbocycles. The lowest BCUT2D eigenvalue weighted by Gasteiger charge is -2.22. The second-order valence-corrected chi connectivity index (χ2v) is 6.75. The van der Waals surface area contributed by atoms with E-state index in [0.717, 1.165) is 18.7 Å². The van der Waals surface area contributed by atoms with E-state index in [-0.39, 0.29) is 17.7 Å². The van der Waals surface area contributed by atoms with Crippen LogP contribution in [0.15, 0.2) is 18.3 Å². The van der Waals surface area contributed by atoms with Crippen molar-refractivity contribution in [1.82, 2.24) is 19.7 Å². The monoisotopic (exact) mass is 332 g/mol. The van der Waals surface area contributed by atoms with Gasteiger partial charge in [0, 0.05) is 39.3 Å². The van der Waals surface area contributed by atoms with Crippen LogP contribution in [0.5, 0.6) is 0 Å². The van der Waals surface area contributed by atoms with Gasteiger partial charge in [-0.3, -0.25) is 14.6 Å². The molecular weight excluding hydrogens is 304 g/mol. The zero-order valence-electron chi connectivity index (χ0n) is 15.2. The van der Waals surface area contributed by atoms with Crippen LogP contribution in [-0.4, -0.2) is 72.3 Å². The summed E-state index contributed by atoms with van der Waals surface area (Å²) in [5.74, 6) is -0.134. The average Bonchev–Trinajstić information content (AvgIpc) is 2.93. The van der Waals surface area contributed by atoms with E-state index in [2.05, 4.69) is 11.9 Å². The fourth-order valence-corrected chi connectivity index (χ4v) is 2.86. The number of likely N-dealkylation sites (tertiary alicyclic amines) is 1. The number of carbonyl (C=O) groups excluding carboxylic acids is 2. The molecule has 24 heavy (non-hydrogen) atoms. The number of aromatic nitrogens is 1. The van der Waals surface area contributed by atoms with Crippen LogP contribution in [0.2, 0.25) is 0 Å². The van der Waals surface area contributed by atoms with Gasteiger partial charge >= 0.3 is 0 Å². The predicted octanol–water partition coefficient (Wildman–Crippen LogP) is 1.01. The minimum atomic E-state index is -0.237. The fraction of sp³-hybridized carbons (Fsp3) is 0.611. The van der Waals surface area contributed by atoms with Gasteiger partial charge in [0.15, 0.2) is 0 Å². The largest absolute Gasteiger partial charge is 0.341 e. The van der Waals surface area contributed by atoms with Gasteiger partial charge in [-0.05, 0) is 32.1 Å². The number of aryl methyl sites for hydroxylation is 1. The summed E-state index contributed by atoms with van der Waals surface area (Å²) in [5.41, 5.74) is 2.06. The maximum Gasteiger partial charge on any atom is 0.228 e. The zero-order valence-corrected chi connectivity index (χ0v) is 15.2. The highest BCUT2D eigenvalue weighted by atomic mass is 16.2. The molecule has 0 aliphatic carbocycles. The van der Waals surface area contributed by atoms with Gasteiger partial charge in [-0.15, -0.1) is 0 Å². The molecule has 0 saturated carbocycles. The van der Waals surface area contributed by atoms with E-state index in [4.69, 9.17) is 0 Å². The third-order valence-corrected chi connectivity index (χ3v) is 4.45. The van der Waals surface area contributed by atoms with Crippen LogP contribution in [0.4, 0.5) is 0 Å². The van der Waals surface area contributed by atoms with Gasteiger partial charge in [-0.1, -0.05) is 13.0 Å². The Balaban J connectivity index is 1.89. The molecule has 2 amide bonds. The van der Waals surface area contributed by atoms with Gasteiger partial charge < -0.3 is 14.7 Å². The quantitative estimate of drug-likeness (QED) is 0.748. The molecule has 0 N–H and O–H groups in total. The van der Waals surface area contributed by atoms with E-state index >= 15 is 0 Å². The smallest absolute Gasteiger partial charge is 0.228 e. The van der Waals surface area contributed by atoms with E-state index < -0.39 is 0 Å². The molecule has 0 radical (unpaired) electrons. The summed E-state index contributed by atoms with van der Waals surface area (Å²) in [6, 6.07) is 4.01. The molecule has 0 bridgehead atoms. The Morgan fingerprint density at radius 1 is 1.33 bits per heavy atom. The van der Waals surface area contributed by atoms with Crippen LogP contribution in [0.3, 0.4) is 0 Å². The summed E-state index contributed by atoms with van der Waals surface area (Å²) in [6.07, 6.45) is 3.13. The number of amides is 2. The SMILES string of the molecule is CCc1ccc(CN(C)C(=O)[C@H]2CC(=O)N(CCN(C)C)C2)nc1. The highest BCUT2D eigenvalue weighted by molar-refractivity contribution is 5.89. The number of likely N-dealkylation sites (N-methyl/N-ethyl adjacent to an activating group) is 1. The molecule has 2 heterocycles. The summed E-state index contributed by atoms with van der Waals surface area (Å²) in [6.45, 7) is 4.59. The van der Waals surface area contributed by atoms with E-state index in [1.54, 1.807) is 16.8 Å². The van der Waals surface area contributed by atoms with E-state index in [9.17, 15) is 9.59 Å². The summed E-state index contributed by atoms with van der Waals surface area (Å²) in [7, 11) is 5.74. The molecule has 1 aliphatic heterocycles. The Kier molecular flexibility index (Phi) is 6.31. The topological polar surface area (TPSA) is 56.8 Å². The first-order valence-corrected chi connectivity index (χ1v) is 8.52. The van der Waals surface area contributed by atoms with Crippen LogP contribution in [0.1, 0.15) is 24.6 Å². The summed E-state index contributed by atoms with van der Waals surface area (Å²) < 4.78 is 0. The summed E-state index contributed by atoms with van der Waals surface area (Å²) in [5, 5.41) is 0. The third-order valence-electron chi connectivity index (χ3n) is 4.45. The van der Waals surface area contributed by atoms with Crippen LogP contribution >= 0.6 is 0 Å². The number of nitrogens with zero attached hydrogens (tertiary/aromatic N) is 4. The van der Waals surface area contributed by atoms with Crippen LogP contribution in [-0.2, 0) is 22.6 Å². The molecule has 1 atom stereocenters. The van der Waals surface area contributed by atoms with Gasteiger partial charge in [0.1, 0.15) is 0 Å². The second kappa shape index (κ2) is 8.24. The highest BCUT2D eigenvalue weighted by Gasteiger charge is 2.35. The minimum Gasteiger partial charge on any atom is -0.341 e. The minimum absolute atomic E-state index is 0.0251. The molecule has 0 spiro atoms. The Hall–Kier alpha value is -1.95. The van der Waals surface area contributed by atoms with Crippen LogP contribution in [0, 0.1) is 5.92 Å². The lowest BCUT2D eigenvalue weighted by Crippen LogP contribution is -2.36. The van der Waals surface area contributed by atoms with Crippen molar-refractivity contribution in [1.29, 1.82) is 0 Å². The normalized spacial score (nSPS) is 17.6. The first-order valence-electron chi connectivity index (χ1n) is 8.52. The number of carbonyl (C=O) groups is 2. The summed E-state index contributed by atoms with van der Waals surface area (Å²) in [4.78, 5) is 34.6. The Morgan fingerprint density at radius 2 is 2.08 bits per heavy atom. The van der Waals surface area contributed by atoms with Gasteiger partial charge in [-0.25, -0.2) is 0 Å². The molecule has 1 aromatic heterocycles. The van der Waals surface area contributed by atoms with Crippen molar-refractivity contribution < 1.29 is 9.59 Å². The lowest BCUT2D eigenvalue weighted by atomic mass is 10.1. The van der Waals surface area contributed by atoms with Gasteiger partial charge in [0.05, 0.1) is 18.2 Å². The molecule has 1 aromatic rings. The van der Waals surface area contributed by atoms with Crippen molar-refractivity contribution in [3.05, 3.63) is 29.6 Å². The molecular formula is C18H28N4O2. The van der Waals surface area contributed by atoms with Gasteiger partial charge in [-0.2, -0.15) is 0 Å². The van der Waals surface area contributed by atoms with Crippen molar-refractivity contribution in [3.8, 4) is 0 Å². The average molecular weight is 332 g/mol. The molecule has 132 valence electrons. The number of pyridine rings is 1. The Morgan fingerprint density at radius 3 is 2.67 bits per heavy atom. The maximum atomic E-state index is 12.6. The van der Waals surface area contributed by atoms with E-state index in [1.807, 2.05) is 37.3 Å². The first kappa shape index (κ1) is 18.4. The van der Waals surface area contributed by atoms with Crippen molar-refractivity contribution in [2.24, 2.45) is 5.92 Å². The highest BCUT2D eigenvalue weighted by Crippen LogP contribution is 2.20. The lowest BCUT2D eigenvalue weighted by molar-refractivity contribution is -0.135. The Labute approximate surface area is 144 Å². The third kappa shape index (κ3) is 4.77. The molecule has 6 nitrogen and oxygen atoms in total. The molecule has 1 fully saturated rings. The van der Waals surface area contributed by atoms with Crippen LogP contribution < -0.4 is 0 Å². The molecule has 1 saturated heterocycles. The Bertz CT molecular complexity index is 571. The van der Waals surface area contributed by atoms with E-state index in [1.165, 1.54) is 5.56 Å². The molecule has 0 unspecified atom stereocenters. The number of rotatable bonds is 7. The second-order valence-electron chi connectivity index (χ2n) is 6.75. The molecule has 1 aliphatic rings. The number of hydrogen-bond donors (Lipinski definition) is 0. The molecule has 6 heteroatoms. The van der Waals surface area contributed by atoms with Crippen molar-refractivity contribution in [2.75, 3.05) is 40.8 Å². The fourth-order valence-electron chi connectivity index (χ4n) is 2.86. The first-order chi connectivity index (χ1) is 11.4.